The molecule has 2 atom stereocenters. The summed E-state index contributed by atoms with van der Waals surface area (Å²) in [6.45, 7) is 8.27. The number of hydrogen-bond donors (Lipinski definition) is 1. The Morgan fingerprint density at radius 1 is 0.878 bits per heavy atom. The van der Waals surface area contributed by atoms with E-state index in [4.69, 9.17) is 0 Å². The number of amides is 2. The van der Waals surface area contributed by atoms with E-state index in [1.807, 2.05) is 94.4 Å². The number of rotatable bonds is 14. The van der Waals surface area contributed by atoms with Crippen molar-refractivity contribution in [2.24, 2.45) is 0 Å². The summed E-state index contributed by atoms with van der Waals surface area (Å²) in [6.07, 6.45) is 2.75. The van der Waals surface area contributed by atoms with Crippen LogP contribution in [-0.4, -0.2) is 50.0 Å². The monoisotopic (exact) mass is 577 g/mol. The van der Waals surface area contributed by atoms with Crippen molar-refractivity contribution in [3.8, 4) is 0 Å². The third-order valence-corrected chi connectivity index (χ3v) is 8.59. The summed E-state index contributed by atoms with van der Waals surface area (Å²) in [7, 11) is -3.56. The molecule has 0 aliphatic heterocycles. The number of nitrogens with zero attached hydrogens (tertiary/aromatic N) is 2. The Hall–Kier alpha value is -3.65. The van der Waals surface area contributed by atoms with Gasteiger partial charge >= 0.3 is 0 Å². The van der Waals surface area contributed by atoms with Crippen LogP contribution < -0.4 is 9.62 Å². The van der Waals surface area contributed by atoms with Crippen LogP contribution in [-0.2, 0) is 32.6 Å². The first-order valence-corrected chi connectivity index (χ1v) is 16.1. The predicted octanol–water partition coefficient (Wildman–Crippen LogP) is 5.40. The predicted molar refractivity (Wildman–Crippen MR) is 166 cm³/mol. The van der Waals surface area contributed by atoms with E-state index in [9.17, 15) is 18.0 Å². The fourth-order valence-corrected chi connectivity index (χ4v) is 5.81. The molecule has 0 aliphatic rings. The molecule has 0 aromatic heterocycles. The number of sulfonamides is 1. The molecule has 0 radical (unpaired) electrons. The standard InChI is InChI=1S/C33H43N3O4S/c1-6-27(4)34-33(38)31(23-28-17-8-7-9-18-28)35(24-29-19-12-10-15-25(29)2)32(37)21-14-22-36(41(5,39)40)30-20-13-11-16-26(30)3/h7-13,15-20,27,31H,6,14,21-24H2,1-5H3,(H,34,38)/t27-,31+/m0/s1. The topological polar surface area (TPSA) is 86.8 Å². The molecule has 2 amide bonds. The summed E-state index contributed by atoms with van der Waals surface area (Å²) in [5.41, 5.74) is 4.41. The van der Waals surface area contributed by atoms with Crippen LogP contribution in [0, 0.1) is 13.8 Å². The zero-order valence-corrected chi connectivity index (χ0v) is 25.7. The van der Waals surface area contributed by atoms with Gasteiger partial charge in [0.05, 0.1) is 11.9 Å². The number of benzene rings is 3. The molecule has 0 fully saturated rings. The molecule has 0 heterocycles. The summed E-state index contributed by atoms with van der Waals surface area (Å²) in [5, 5.41) is 3.09. The van der Waals surface area contributed by atoms with Crippen molar-refractivity contribution >= 4 is 27.5 Å². The number of aryl methyl sites for hydroxylation is 2. The number of para-hydroxylation sites is 1. The molecule has 220 valence electrons. The van der Waals surface area contributed by atoms with Gasteiger partial charge in [-0.3, -0.25) is 13.9 Å². The van der Waals surface area contributed by atoms with E-state index in [-0.39, 0.29) is 37.4 Å². The molecule has 3 rings (SSSR count). The maximum Gasteiger partial charge on any atom is 0.243 e. The van der Waals surface area contributed by atoms with Gasteiger partial charge in [0.2, 0.25) is 21.8 Å². The maximum absolute atomic E-state index is 14.0. The zero-order valence-electron chi connectivity index (χ0n) is 24.8. The maximum atomic E-state index is 14.0. The molecule has 3 aromatic carbocycles. The molecule has 8 heteroatoms. The van der Waals surface area contributed by atoms with Crippen molar-refractivity contribution in [2.75, 3.05) is 17.1 Å². The zero-order chi connectivity index (χ0) is 30.0. The summed E-state index contributed by atoms with van der Waals surface area (Å²) in [6, 6.07) is 24.1. The van der Waals surface area contributed by atoms with E-state index in [1.165, 1.54) is 10.6 Å². The average Bonchev–Trinajstić information content (AvgIpc) is 2.94. The minimum absolute atomic E-state index is 0.0337. The molecule has 0 saturated carbocycles. The Kier molecular flexibility index (Phi) is 11.5. The summed E-state index contributed by atoms with van der Waals surface area (Å²) in [5.74, 6) is -0.380. The molecular formula is C33H43N3O4S. The van der Waals surface area contributed by atoms with Crippen molar-refractivity contribution in [1.29, 1.82) is 0 Å². The molecule has 1 N–H and O–H groups in total. The molecule has 0 spiro atoms. The van der Waals surface area contributed by atoms with Gasteiger partial charge in [-0.15, -0.1) is 0 Å². The Morgan fingerprint density at radius 2 is 1.49 bits per heavy atom. The number of carbonyl (C=O) groups excluding carboxylic acids is 2. The van der Waals surface area contributed by atoms with E-state index >= 15 is 0 Å². The fraction of sp³-hybridized carbons (Fsp3) is 0.394. The van der Waals surface area contributed by atoms with E-state index in [2.05, 4.69) is 5.32 Å². The van der Waals surface area contributed by atoms with Crippen molar-refractivity contribution in [3.63, 3.8) is 0 Å². The molecular weight excluding hydrogens is 534 g/mol. The van der Waals surface area contributed by atoms with Crippen LogP contribution in [0.5, 0.6) is 0 Å². The van der Waals surface area contributed by atoms with Gasteiger partial charge in [0.25, 0.3) is 0 Å². The summed E-state index contributed by atoms with van der Waals surface area (Å²) >= 11 is 0. The van der Waals surface area contributed by atoms with Gasteiger partial charge < -0.3 is 10.2 Å². The lowest BCUT2D eigenvalue weighted by Crippen LogP contribution is -2.52. The second kappa shape index (κ2) is 14.8. The number of nitrogens with one attached hydrogen (secondary N) is 1. The molecule has 3 aromatic rings. The van der Waals surface area contributed by atoms with Gasteiger partial charge in [0.1, 0.15) is 6.04 Å². The van der Waals surface area contributed by atoms with Crippen LogP contribution in [0.3, 0.4) is 0 Å². The van der Waals surface area contributed by atoms with Crippen LogP contribution in [0.2, 0.25) is 0 Å². The molecule has 0 aliphatic carbocycles. The van der Waals surface area contributed by atoms with E-state index in [0.717, 1.165) is 28.7 Å². The highest BCUT2D eigenvalue weighted by molar-refractivity contribution is 7.92. The lowest BCUT2D eigenvalue weighted by Gasteiger charge is -2.33. The third kappa shape index (κ3) is 9.18. The summed E-state index contributed by atoms with van der Waals surface area (Å²) in [4.78, 5) is 29.3. The molecule has 41 heavy (non-hydrogen) atoms. The van der Waals surface area contributed by atoms with Crippen molar-refractivity contribution in [3.05, 3.63) is 101 Å². The average molecular weight is 578 g/mol. The van der Waals surface area contributed by atoms with Gasteiger partial charge in [-0.1, -0.05) is 79.7 Å². The molecule has 0 bridgehead atoms. The molecule has 0 saturated heterocycles. The Morgan fingerprint density at radius 3 is 2.10 bits per heavy atom. The number of hydrogen-bond acceptors (Lipinski definition) is 4. The minimum atomic E-state index is -3.56. The normalized spacial score (nSPS) is 12.8. The first-order chi connectivity index (χ1) is 19.5. The number of anilines is 1. The van der Waals surface area contributed by atoms with E-state index in [0.29, 0.717) is 18.5 Å². The van der Waals surface area contributed by atoms with Gasteiger partial charge in [0.15, 0.2) is 0 Å². The fourth-order valence-electron chi connectivity index (χ4n) is 4.79. The van der Waals surface area contributed by atoms with Crippen molar-refractivity contribution in [2.45, 2.75) is 72.0 Å². The SMILES string of the molecule is CC[C@H](C)NC(=O)[C@@H](Cc1ccccc1)N(Cc1ccccc1C)C(=O)CCCN(c1ccccc1C)S(C)(=O)=O. The lowest BCUT2D eigenvalue weighted by atomic mass is 10.0. The van der Waals surface area contributed by atoms with Gasteiger partial charge in [0, 0.05) is 32.0 Å². The van der Waals surface area contributed by atoms with E-state index < -0.39 is 16.1 Å². The Labute approximate surface area is 245 Å². The van der Waals surface area contributed by atoms with Crippen LogP contribution in [0.15, 0.2) is 78.9 Å². The van der Waals surface area contributed by atoms with Crippen molar-refractivity contribution < 1.29 is 18.0 Å². The van der Waals surface area contributed by atoms with Crippen molar-refractivity contribution in [1.82, 2.24) is 10.2 Å². The van der Waals surface area contributed by atoms with Crippen LogP contribution in [0.4, 0.5) is 5.69 Å². The highest BCUT2D eigenvalue weighted by Crippen LogP contribution is 2.23. The van der Waals surface area contributed by atoms with Crippen LogP contribution >= 0.6 is 0 Å². The Balaban J connectivity index is 1.91. The minimum Gasteiger partial charge on any atom is -0.352 e. The second-order valence-electron chi connectivity index (χ2n) is 10.7. The van der Waals surface area contributed by atoms with Crippen LogP contribution in [0.25, 0.3) is 0 Å². The van der Waals surface area contributed by atoms with E-state index in [1.54, 1.807) is 17.0 Å². The van der Waals surface area contributed by atoms with Gasteiger partial charge in [-0.25, -0.2) is 8.42 Å². The highest BCUT2D eigenvalue weighted by Gasteiger charge is 2.31. The largest absolute Gasteiger partial charge is 0.352 e. The molecule has 7 nitrogen and oxygen atoms in total. The smallest absolute Gasteiger partial charge is 0.243 e. The number of carbonyl (C=O) groups is 2. The first-order valence-electron chi connectivity index (χ1n) is 14.2. The first kappa shape index (κ1) is 31.9. The van der Waals surface area contributed by atoms with Gasteiger partial charge in [-0.2, -0.15) is 0 Å². The second-order valence-corrected chi connectivity index (χ2v) is 12.6. The molecule has 0 unspecified atom stereocenters. The quantitative estimate of drug-likeness (QED) is 0.278. The van der Waals surface area contributed by atoms with Gasteiger partial charge in [-0.05, 0) is 61.9 Å². The Bertz CT molecular complexity index is 1410. The summed E-state index contributed by atoms with van der Waals surface area (Å²) < 4.78 is 26.7. The lowest BCUT2D eigenvalue weighted by molar-refractivity contribution is -0.141. The third-order valence-electron chi connectivity index (χ3n) is 7.41. The van der Waals surface area contributed by atoms with Crippen LogP contribution in [0.1, 0.15) is 55.4 Å². The highest BCUT2D eigenvalue weighted by atomic mass is 32.2.